The number of fused-ring (bicyclic) bond motifs is 1. The van der Waals surface area contributed by atoms with Gasteiger partial charge in [0.1, 0.15) is 5.76 Å². The SMILES string of the molecule is Cc1ccc(Cn2c(=O)c(N3CCC(C(=O)NCCc4ccco4)CC3)nc3ccccc32)cc1. The molecule has 1 N–H and O–H groups in total. The molecule has 3 heterocycles. The zero-order valence-corrected chi connectivity index (χ0v) is 19.9. The fourth-order valence-electron chi connectivity index (χ4n) is 4.68. The van der Waals surface area contributed by atoms with E-state index in [4.69, 9.17) is 9.40 Å². The molecule has 0 spiro atoms. The Morgan fingerprint density at radius 2 is 1.83 bits per heavy atom. The molecule has 1 aliphatic heterocycles. The van der Waals surface area contributed by atoms with Crippen molar-refractivity contribution in [2.75, 3.05) is 24.5 Å². The van der Waals surface area contributed by atoms with Crippen molar-refractivity contribution in [3.8, 4) is 0 Å². The first-order valence-corrected chi connectivity index (χ1v) is 12.2. The van der Waals surface area contributed by atoms with Crippen LogP contribution in [0.1, 0.15) is 29.7 Å². The summed E-state index contributed by atoms with van der Waals surface area (Å²) in [6.07, 6.45) is 3.71. The van der Waals surface area contributed by atoms with Crippen LogP contribution in [-0.4, -0.2) is 35.1 Å². The Hall–Kier alpha value is -3.87. The highest BCUT2D eigenvalue weighted by Crippen LogP contribution is 2.22. The van der Waals surface area contributed by atoms with E-state index in [-0.39, 0.29) is 17.4 Å². The fraction of sp³-hybridized carbons (Fsp3) is 0.321. The highest BCUT2D eigenvalue weighted by Gasteiger charge is 2.27. The average Bonchev–Trinajstić information content (AvgIpc) is 3.40. The third-order valence-corrected chi connectivity index (χ3v) is 6.71. The first-order valence-electron chi connectivity index (χ1n) is 12.2. The number of para-hydroxylation sites is 2. The lowest BCUT2D eigenvalue weighted by molar-refractivity contribution is -0.125. The number of hydrogen-bond donors (Lipinski definition) is 1. The van der Waals surface area contributed by atoms with Gasteiger partial charge in [0.25, 0.3) is 5.56 Å². The largest absolute Gasteiger partial charge is 0.469 e. The van der Waals surface area contributed by atoms with Crippen molar-refractivity contribution in [2.45, 2.75) is 32.7 Å². The van der Waals surface area contributed by atoms with Crippen molar-refractivity contribution in [3.05, 3.63) is 94.2 Å². The van der Waals surface area contributed by atoms with Gasteiger partial charge in [0.15, 0.2) is 5.82 Å². The maximum absolute atomic E-state index is 13.6. The van der Waals surface area contributed by atoms with Crippen LogP contribution < -0.4 is 15.8 Å². The summed E-state index contributed by atoms with van der Waals surface area (Å²) in [6, 6.07) is 19.8. The molecule has 2 aromatic heterocycles. The average molecular weight is 471 g/mol. The summed E-state index contributed by atoms with van der Waals surface area (Å²) in [7, 11) is 0. The molecule has 5 rings (SSSR count). The zero-order valence-electron chi connectivity index (χ0n) is 19.9. The van der Waals surface area contributed by atoms with Crippen molar-refractivity contribution in [3.63, 3.8) is 0 Å². The summed E-state index contributed by atoms with van der Waals surface area (Å²) in [6.45, 7) is 4.35. The van der Waals surface area contributed by atoms with Crippen LogP contribution in [0.15, 0.2) is 76.1 Å². The number of piperidine rings is 1. The van der Waals surface area contributed by atoms with Crippen LogP contribution in [-0.2, 0) is 17.8 Å². The molecule has 7 nitrogen and oxygen atoms in total. The van der Waals surface area contributed by atoms with E-state index in [9.17, 15) is 9.59 Å². The number of carbonyl (C=O) groups excluding carboxylic acids is 1. The van der Waals surface area contributed by atoms with E-state index >= 15 is 0 Å². The molecule has 35 heavy (non-hydrogen) atoms. The highest BCUT2D eigenvalue weighted by molar-refractivity contribution is 5.79. The first-order chi connectivity index (χ1) is 17.1. The number of nitrogens with one attached hydrogen (secondary N) is 1. The molecule has 1 fully saturated rings. The number of aryl methyl sites for hydroxylation is 1. The quantitative estimate of drug-likeness (QED) is 0.443. The summed E-state index contributed by atoms with van der Waals surface area (Å²) in [5.41, 5.74) is 3.80. The lowest BCUT2D eigenvalue weighted by atomic mass is 9.96. The standard InChI is InChI=1S/C28H30N4O3/c1-20-8-10-21(11-9-20)19-32-25-7-3-2-6-24(25)30-26(28(32)34)31-16-13-22(14-17-31)27(33)29-15-12-23-5-4-18-35-23/h2-11,18,22H,12-17,19H2,1H3,(H,29,33). The van der Waals surface area contributed by atoms with Crippen molar-refractivity contribution in [2.24, 2.45) is 5.92 Å². The third-order valence-electron chi connectivity index (χ3n) is 6.71. The molecular weight excluding hydrogens is 440 g/mol. The molecule has 2 aromatic carbocycles. The van der Waals surface area contributed by atoms with Gasteiger partial charge in [-0.05, 0) is 49.6 Å². The molecule has 1 aliphatic rings. The van der Waals surface area contributed by atoms with E-state index in [1.807, 2.05) is 45.9 Å². The van der Waals surface area contributed by atoms with Gasteiger partial charge in [0.05, 0.1) is 23.8 Å². The number of carbonyl (C=O) groups is 1. The second kappa shape index (κ2) is 10.2. The van der Waals surface area contributed by atoms with Crippen molar-refractivity contribution >= 4 is 22.8 Å². The van der Waals surface area contributed by atoms with Crippen LogP contribution in [0.4, 0.5) is 5.82 Å². The van der Waals surface area contributed by atoms with E-state index in [0.29, 0.717) is 51.3 Å². The molecule has 4 aromatic rings. The maximum atomic E-state index is 13.6. The molecule has 0 bridgehead atoms. The number of hydrogen-bond acceptors (Lipinski definition) is 5. The van der Waals surface area contributed by atoms with Gasteiger partial charge in [-0.2, -0.15) is 0 Å². The van der Waals surface area contributed by atoms with Gasteiger partial charge in [-0.25, -0.2) is 4.98 Å². The molecule has 1 saturated heterocycles. The topological polar surface area (TPSA) is 80.4 Å². The summed E-state index contributed by atoms with van der Waals surface area (Å²) >= 11 is 0. The second-order valence-electron chi connectivity index (χ2n) is 9.18. The number of rotatable bonds is 7. The lowest BCUT2D eigenvalue weighted by Gasteiger charge is -2.32. The van der Waals surface area contributed by atoms with E-state index in [2.05, 4.69) is 36.5 Å². The summed E-state index contributed by atoms with van der Waals surface area (Å²) in [5.74, 6) is 1.34. The van der Waals surface area contributed by atoms with E-state index in [1.165, 1.54) is 5.56 Å². The molecule has 0 radical (unpaired) electrons. The van der Waals surface area contributed by atoms with Gasteiger partial charge in [-0.1, -0.05) is 42.0 Å². The maximum Gasteiger partial charge on any atom is 0.294 e. The van der Waals surface area contributed by atoms with Crippen LogP contribution in [0.2, 0.25) is 0 Å². The predicted octanol–water partition coefficient (Wildman–Crippen LogP) is 3.92. The van der Waals surface area contributed by atoms with Crippen LogP contribution >= 0.6 is 0 Å². The van der Waals surface area contributed by atoms with Gasteiger partial charge in [-0.3, -0.25) is 14.2 Å². The van der Waals surface area contributed by atoms with Crippen LogP contribution in [0.3, 0.4) is 0 Å². The number of aromatic nitrogens is 2. The molecule has 7 heteroatoms. The molecular formula is C28H30N4O3. The molecule has 0 atom stereocenters. The van der Waals surface area contributed by atoms with E-state index in [1.54, 1.807) is 6.26 Å². The van der Waals surface area contributed by atoms with Crippen molar-refractivity contribution in [1.82, 2.24) is 14.9 Å². The highest BCUT2D eigenvalue weighted by atomic mass is 16.3. The monoisotopic (exact) mass is 470 g/mol. The zero-order chi connectivity index (χ0) is 24.2. The number of furan rings is 1. The molecule has 180 valence electrons. The number of anilines is 1. The van der Waals surface area contributed by atoms with Crippen LogP contribution in [0, 0.1) is 12.8 Å². The Kier molecular flexibility index (Phi) is 6.66. The van der Waals surface area contributed by atoms with Gasteiger partial charge in [-0.15, -0.1) is 0 Å². The minimum absolute atomic E-state index is 0.0573. The normalized spacial score (nSPS) is 14.4. The number of amides is 1. The Labute approximate surface area is 204 Å². The number of benzene rings is 2. The Bertz CT molecular complexity index is 1350. The van der Waals surface area contributed by atoms with Gasteiger partial charge in [0.2, 0.25) is 5.91 Å². The van der Waals surface area contributed by atoms with E-state index in [0.717, 1.165) is 22.4 Å². The third kappa shape index (κ3) is 5.14. The fourth-order valence-corrected chi connectivity index (χ4v) is 4.68. The summed E-state index contributed by atoms with van der Waals surface area (Å²) < 4.78 is 7.14. The Morgan fingerprint density at radius 1 is 1.06 bits per heavy atom. The van der Waals surface area contributed by atoms with Gasteiger partial charge in [0, 0.05) is 32.0 Å². The lowest BCUT2D eigenvalue weighted by Crippen LogP contribution is -2.43. The van der Waals surface area contributed by atoms with Gasteiger partial charge >= 0.3 is 0 Å². The minimum Gasteiger partial charge on any atom is -0.469 e. The van der Waals surface area contributed by atoms with E-state index < -0.39 is 0 Å². The van der Waals surface area contributed by atoms with Crippen molar-refractivity contribution in [1.29, 1.82) is 0 Å². The summed E-state index contributed by atoms with van der Waals surface area (Å²) in [4.78, 5) is 33.0. The Morgan fingerprint density at radius 3 is 2.57 bits per heavy atom. The molecule has 0 unspecified atom stereocenters. The summed E-state index contributed by atoms with van der Waals surface area (Å²) in [5, 5.41) is 3.02. The van der Waals surface area contributed by atoms with Crippen LogP contribution in [0.25, 0.3) is 11.0 Å². The van der Waals surface area contributed by atoms with Crippen molar-refractivity contribution < 1.29 is 9.21 Å². The smallest absolute Gasteiger partial charge is 0.294 e. The first kappa shape index (κ1) is 22.9. The molecule has 1 amide bonds. The molecule has 0 saturated carbocycles. The number of nitrogens with zero attached hydrogens (tertiary/aromatic N) is 3. The van der Waals surface area contributed by atoms with Gasteiger partial charge < -0.3 is 14.6 Å². The second-order valence-corrected chi connectivity index (χ2v) is 9.18. The van der Waals surface area contributed by atoms with Crippen LogP contribution in [0.5, 0.6) is 0 Å². The predicted molar refractivity (Wildman–Crippen MR) is 137 cm³/mol. The molecule has 0 aliphatic carbocycles. The Balaban J connectivity index is 1.30. The minimum atomic E-state index is -0.0920.